The molecule has 0 spiro atoms. The second kappa shape index (κ2) is 10.4. The molecule has 1 amide bonds. The van der Waals surface area contributed by atoms with Crippen LogP contribution in [0.3, 0.4) is 0 Å². The van der Waals surface area contributed by atoms with Gasteiger partial charge in [-0.15, -0.1) is 0 Å². The molecule has 0 aliphatic carbocycles. The molecule has 0 atom stereocenters. The van der Waals surface area contributed by atoms with E-state index in [1.54, 1.807) is 18.2 Å². The number of nitrogen functional groups attached to an aromatic ring is 1. The monoisotopic (exact) mass is 470 g/mol. The number of carbonyl (C=O) groups excluding carboxylic acids is 1. The van der Waals surface area contributed by atoms with Crippen LogP contribution >= 0.6 is 15.9 Å². The molecule has 0 radical (unpaired) electrons. The molecular weight excluding hydrogens is 448 g/mol. The van der Waals surface area contributed by atoms with Crippen LogP contribution in [0.2, 0.25) is 0 Å². The van der Waals surface area contributed by atoms with Crippen LogP contribution in [0.4, 0.5) is 23.0 Å². The maximum atomic E-state index is 12.3. The number of ether oxygens (including phenoxy) is 1. The van der Waals surface area contributed by atoms with Crippen LogP contribution in [0.25, 0.3) is 0 Å². The first-order valence-corrected chi connectivity index (χ1v) is 10.3. The largest absolute Gasteiger partial charge is 0.494 e. The Morgan fingerprint density at radius 2 is 1.83 bits per heavy atom. The molecule has 0 aliphatic rings. The first-order valence-electron chi connectivity index (χ1n) is 9.49. The summed E-state index contributed by atoms with van der Waals surface area (Å²) in [6, 6.07) is 14.6. The molecule has 0 unspecified atom stereocenters. The number of nitrogens with zero attached hydrogens (tertiary/aromatic N) is 2. The highest BCUT2D eigenvalue weighted by molar-refractivity contribution is 9.10. The molecule has 0 aliphatic heterocycles. The van der Waals surface area contributed by atoms with Crippen molar-refractivity contribution in [1.29, 1.82) is 0 Å². The summed E-state index contributed by atoms with van der Waals surface area (Å²) in [6.45, 7) is 2.82. The molecule has 3 aromatic rings. The van der Waals surface area contributed by atoms with E-state index in [9.17, 15) is 4.79 Å². The van der Waals surface area contributed by atoms with Gasteiger partial charge in [0, 0.05) is 10.2 Å². The number of carbonyl (C=O) groups is 1. The van der Waals surface area contributed by atoms with Crippen molar-refractivity contribution in [2.75, 3.05) is 23.1 Å². The average molecular weight is 471 g/mol. The van der Waals surface area contributed by atoms with Gasteiger partial charge in [-0.25, -0.2) is 9.97 Å². The third kappa shape index (κ3) is 5.60. The van der Waals surface area contributed by atoms with Crippen molar-refractivity contribution < 1.29 is 9.53 Å². The van der Waals surface area contributed by atoms with Crippen LogP contribution in [-0.2, 0) is 0 Å². The van der Waals surface area contributed by atoms with E-state index in [4.69, 9.17) is 10.5 Å². The van der Waals surface area contributed by atoms with E-state index in [0.29, 0.717) is 22.5 Å². The fourth-order valence-corrected chi connectivity index (χ4v) is 2.99. The number of amides is 1. The smallest absolute Gasteiger partial charge is 0.270 e. The fraction of sp³-hybridized carbons (Fsp3) is 0.190. The lowest BCUT2D eigenvalue weighted by molar-refractivity contribution is 0.0961. The van der Waals surface area contributed by atoms with Gasteiger partial charge in [0.15, 0.2) is 11.6 Å². The number of rotatable bonds is 9. The summed E-state index contributed by atoms with van der Waals surface area (Å²) < 4.78 is 6.35. The topological polar surface area (TPSA) is 114 Å². The third-order valence-electron chi connectivity index (χ3n) is 4.18. The van der Waals surface area contributed by atoms with Crippen LogP contribution in [0.1, 0.15) is 30.1 Å². The molecule has 1 heterocycles. The highest BCUT2D eigenvalue weighted by Crippen LogP contribution is 2.26. The SMILES string of the molecule is CCCCOc1ccc(Nc2ncnc(NNC(=O)c3ccccc3Br)c2N)cc1. The van der Waals surface area contributed by atoms with Gasteiger partial charge in [-0.2, -0.15) is 0 Å². The zero-order valence-corrected chi connectivity index (χ0v) is 18.1. The van der Waals surface area contributed by atoms with Gasteiger partial charge in [-0.1, -0.05) is 25.5 Å². The molecule has 3 rings (SSSR count). The Morgan fingerprint density at radius 1 is 1.10 bits per heavy atom. The van der Waals surface area contributed by atoms with Gasteiger partial charge in [0.1, 0.15) is 17.8 Å². The van der Waals surface area contributed by atoms with Crippen molar-refractivity contribution in [3.63, 3.8) is 0 Å². The minimum absolute atomic E-state index is 0.271. The zero-order valence-electron chi connectivity index (χ0n) is 16.5. The number of nitrogens with one attached hydrogen (secondary N) is 3. The van der Waals surface area contributed by atoms with Crippen LogP contribution < -0.4 is 26.6 Å². The van der Waals surface area contributed by atoms with Gasteiger partial charge in [0.25, 0.3) is 5.91 Å². The highest BCUT2D eigenvalue weighted by atomic mass is 79.9. The van der Waals surface area contributed by atoms with Crippen molar-refractivity contribution in [1.82, 2.24) is 15.4 Å². The van der Waals surface area contributed by atoms with E-state index in [0.717, 1.165) is 24.3 Å². The van der Waals surface area contributed by atoms with E-state index < -0.39 is 0 Å². The second-order valence-electron chi connectivity index (χ2n) is 6.39. The summed E-state index contributed by atoms with van der Waals surface area (Å²) in [5.41, 5.74) is 13.0. The Hall–Kier alpha value is -3.33. The lowest BCUT2D eigenvalue weighted by Crippen LogP contribution is -2.30. The lowest BCUT2D eigenvalue weighted by atomic mass is 10.2. The fourth-order valence-electron chi connectivity index (χ4n) is 2.53. The van der Waals surface area contributed by atoms with Crippen molar-refractivity contribution in [3.05, 3.63) is 64.9 Å². The first kappa shape index (κ1) is 21.4. The quantitative estimate of drug-likeness (QED) is 0.268. The molecule has 0 saturated heterocycles. The molecule has 0 saturated carbocycles. The number of anilines is 4. The Balaban J connectivity index is 1.63. The van der Waals surface area contributed by atoms with Gasteiger partial charge in [0.2, 0.25) is 0 Å². The van der Waals surface area contributed by atoms with Crippen LogP contribution in [0.5, 0.6) is 5.75 Å². The summed E-state index contributed by atoms with van der Waals surface area (Å²) >= 11 is 3.35. The van der Waals surface area contributed by atoms with Gasteiger partial charge in [-0.05, 0) is 58.7 Å². The number of nitrogens with two attached hydrogens (primary N) is 1. The number of hydrazine groups is 1. The maximum absolute atomic E-state index is 12.3. The highest BCUT2D eigenvalue weighted by Gasteiger charge is 2.12. The maximum Gasteiger partial charge on any atom is 0.270 e. The molecule has 5 N–H and O–H groups in total. The number of halogens is 1. The molecule has 9 heteroatoms. The Morgan fingerprint density at radius 3 is 2.57 bits per heavy atom. The van der Waals surface area contributed by atoms with E-state index in [2.05, 4.69) is 49.0 Å². The number of hydrogen-bond donors (Lipinski definition) is 4. The van der Waals surface area contributed by atoms with E-state index >= 15 is 0 Å². The van der Waals surface area contributed by atoms with E-state index in [1.165, 1.54) is 6.33 Å². The van der Waals surface area contributed by atoms with Gasteiger partial charge < -0.3 is 15.8 Å². The summed E-state index contributed by atoms with van der Waals surface area (Å²) in [5, 5.41) is 3.14. The Bertz CT molecular complexity index is 997. The number of hydrogen-bond acceptors (Lipinski definition) is 7. The minimum Gasteiger partial charge on any atom is -0.494 e. The molecule has 2 aromatic carbocycles. The third-order valence-corrected chi connectivity index (χ3v) is 4.87. The van der Waals surface area contributed by atoms with Crippen LogP contribution in [-0.4, -0.2) is 22.5 Å². The number of benzene rings is 2. The molecule has 1 aromatic heterocycles. The van der Waals surface area contributed by atoms with Gasteiger partial charge in [-0.3, -0.25) is 15.6 Å². The lowest BCUT2D eigenvalue weighted by Gasteiger charge is -2.14. The van der Waals surface area contributed by atoms with Crippen LogP contribution in [0, 0.1) is 0 Å². The molecule has 0 bridgehead atoms. The van der Waals surface area contributed by atoms with Crippen molar-refractivity contribution in [2.45, 2.75) is 19.8 Å². The molecule has 0 fully saturated rings. The zero-order chi connectivity index (χ0) is 21.3. The Labute approximate surface area is 183 Å². The normalized spacial score (nSPS) is 10.3. The standard InChI is InChI=1S/C21H23BrN6O2/c1-2-3-12-30-15-10-8-14(9-11-15)26-19-18(23)20(25-13-24-19)27-28-21(29)16-6-4-5-7-17(16)22/h4-11,13H,2-3,12,23H2,1H3,(H,28,29)(H2,24,25,26,27). The summed E-state index contributed by atoms with van der Waals surface area (Å²) in [5.74, 6) is 1.19. The summed E-state index contributed by atoms with van der Waals surface area (Å²) in [4.78, 5) is 20.6. The summed E-state index contributed by atoms with van der Waals surface area (Å²) in [7, 11) is 0. The molecule has 8 nitrogen and oxygen atoms in total. The Kier molecular flexibility index (Phi) is 7.45. The van der Waals surface area contributed by atoms with Gasteiger partial charge >= 0.3 is 0 Å². The predicted molar refractivity (Wildman–Crippen MR) is 122 cm³/mol. The number of unbranched alkanes of at least 4 members (excludes halogenated alkanes) is 1. The number of aromatic nitrogens is 2. The predicted octanol–water partition coefficient (Wildman–Crippen LogP) is 4.50. The van der Waals surface area contributed by atoms with Gasteiger partial charge in [0.05, 0.1) is 12.2 Å². The van der Waals surface area contributed by atoms with Crippen LogP contribution in [0.15, 0.2) is 59.3 Å². The molecular formula is C21H23BrN6O2. The van der Waals surface area contributed by atoms with E-state index in [1.807, 2.05) is 30.3 Å². The summed E-state index contributed by atoms with van der Waals surface area (Å²) in [6.07, 6.45) is 3.46. The average Bonchev–Trinajstić information content (AvgIpc) is 2.76. The van der Waals surface area contributed by atoms with Crippen molar-refractivity contribution in [3.8, 4) is 5.75 Å². The molecule has 30 heavy (non-hydrogen) atoms. The van der Waals surface area contributed by atoms with E-state index in [-0.39, 0.29) is 17.4 Å². The first-order chi connectivity index (χ1) is 14.6. The minimum atomic E-state index is -0.325. The molecule has 156 valence electrons. The van der Waals surface area contributed by atoms with Crippen molar-refractivity contribution >= 4 is 44.8 Å². The van der Waals surface area contributed by atoms with Crippen molar-refractivity contribution in [2.24, 2.45) is 0 Å². The second-order valence-corrected chi connectivity index (χ2v) is 7.25.